The molecule has 1 aliphatic carbocycles. The molecule has 0 saturated heterocycles. The van der Waals surface area contributed by atoms with Crippen LogP contribution in [0.5, 0.6) is 0 Å². The number of rotatable bonds is 4. The van der Waals surface area contributed by atoms with E-state index in [9.17, 15) is 4.79 Å². The lowest BCUT2D eigenvalue weighted by atomic mass is 9.84. The Kier molecular flexibility index (Phi) is 3.92. The number of likely N-dealkylation sites (N-methyl/N-ethyl adjacent to an activating group) is 1. The van der Waals surface area contributed by atoms with E-state index >= 15 is 0 Å². The number of para-hydroxylation sites is 2. The smallest absolute Gasteiger partial charge is 0.408 e. The quantitative estimate of drug-likeness (QED) is 0.932. The van der Waals surface area contributed by atoms with Crippen molar-refractivity contribution in [1.82, 2.24) is 9.88 Å². The number of nitrogens with zero attached hydrogens (tertiary/aromatic N) is 1. The van der Waals surface area contributed by atoms with Crippen molar-refractivity contribution in [2.75, 3.05) is 7.05 Å². The summed E-state index contributed by atoms with van der Waals surface area (Å²) in [7, 11) is 1.99. The Bertz CT molecular complexity index is 623. The monoisotopic (exact) mass is 274 g/mol. The van der Waals surface area contributed by atoms with Crippen molar-refractivity contribution in [3.05, 3.63) is 34.8 Å². The van der Waals surface area contributed by atoms with Gasteiger partial charge in [-0.2, -0.15) is 0 Å². The molecule has 0 spiro atoms. The number of oxazole rings is 1. The molecule has 2 aromatic rings. The second-order valence-corrected chi connectivity index (χ2v) is 5.74. The Balaban J connectivity index is 1.87. The topological polar surface area (TPSA) is 47.2 Å². The van der Waals surface area contributed by atoms with E-state index in [1.54, 1.807) is 4.57 Å². The molecule has 4 nitrogen and oxygen atoms in total. The fraction of sp³-hybridized carbons (Fsp3) is 0.562. The van der Waals surface area contributed by atoms with Crippen LogP contribution < -0.4 is 11.1 Å². The normalized spacial score (nSPS) is 18.4. The van der Waals surface area contributed by atoms with Crippen LogP contribution >= 0.6 is 0 Å². The molecular weight excluding hydrogens is 252 g/mol. The Morgan fingerprint density at radius 2 is 2.05 bits per heavy atom. The van der Waals surface area contributed by atoms with E-state index in [0.29, 0.717) is 24.1 Å². The molecule has 1 aromatic carbocycles. The molecule has 1 saturated carbocycles. The van der Waals surface area contributed by atoms with Crippen molar-refractivity contribution in [3.63, 3.8) is 0 Å². The van der Waals surface area contributed by atoms with E-state index in [1.165, 1.54) is 32.1 Å². The van der Waals surface area contributed by atoms with E-state index < -0.39 is 0 Å². The zero-order valence-electron chi connectivity index (χ0n) is 12.0. The van der Waals surface area contributed by atoms with Gasteiger partial charge in [0.1, 0.15) is 0 Å². The van der Waals surface area contributed by atoms with E-state index in [-0.39, 0.29) is 5.76 Å². The molecule has 0 amide bonds. The number of hydrogen-bond acceptors (Lipinski definition) is 3. The molecule has 1 atom stereocenters. The van der Waals surface area contributed by atoms with Crippen molar-refractivity contribution >= 4 is 11.1 Å². The third-order valence-corrected chi connectivity index (χ3v) is 4.54. The van der Waals surface area contributed by atoms with Gasteiger partial charge in [0, 0.05) is 12.6 Å². The summed E-state index contributed by atoms with van der Waals surface area (Å²) in [5.74, 6) is 0.413. The fourth-order valence-corrected chi connectivity index (χ4v) is 3.40. The third kappa shape index (κ3) is 2.52. The lowest BCUT2D eigenvalue weighted by Gasteiger charge is -2.30. The molecule has 1 N–H and O–H groups in total. The maximum absolute atomic E-state index is 12.0. The second kappa shape index (κ2) is 5.83. The summed E-state index contributed by atoms with van der Waals surface area (Å²) >= 11 is 0. The van der Waals surface area contributed by atoms with Gasteiger partial charge in [-0.3, -0.25) is 4.57 Å². The molecule has 108 valence electrons. The van der Waals surface area contributed by atoms with Crippen LogP contribution in [-0.4, -0.2) is 17.7 Å². The minimum absolute atomic E-state index is 0.248. The van der Waals surface area contributed by atoms with Gasteiger partial charge in [-0.15, -0.1) is 0 Å². The molecule has 3 rings (SSSR count). The van der Waals surface area contributed by atoms with Gasteiger partial charge in [0.2, 0.25) is 0 Å². The van der Waals surface area contributed by atoms with Gasteiger partial charge in [0.25, 0.3) is 0 Å². The van der Waals surface area contributed by atoms with Gasteiger partial charge in [-0.05, 0) is 37.9 Å². The molecule has 0 aliphatic heterocycles. The first kappa shape index (κ1) is 13.4. The van der Waals surface area contributed by atoms with Gasteiger partial charge in [0.15, 0.2) is 5.58 Å². The maximum Gasteiger partial charge on any atom is 0.420 e. The summed E-state index contributed by atoms with van der Waals surface area (Å²) in [4.78, 5) is 12.0. The lowest BCUT2D eigenvalue weighted by molar-refractivity contribution is 0.255. The first-order chi connectivity index (χ1) is 9.79. The van der Waals surface area contributed by atoms with Gasteiger partial charge in [-0.25, -0.2) is 4.79 Å². The zero-order valence-corrected chi connectivity index (χ0v) is 12.0. The van der Waals surface area contributed by atoms with Gasteiger partial charge in [0.05, 0.1) is 5.52 Å². The summed E-state index contributed by atoms with van der Waals surface area (Å²) < 4.78 is 7.08. The summed E-state index contributed by atoms with van der Waals surface area (Å²) in [6.45, 7) is 0.691. The summed E-state index contributed by atoms with van der Waals surface area (Å²) in [6, 6.07) is 7.99. The van der Waals surface area contributed by atoms with Crippen LogP contribution in [0.3, 0.4) is 0 Å². The van der Waals surface area contributed by atoms with Crippen molar-refractivity contribution in [2.24, 2.45) is 5.92 Å². The number of fused-ring (bicyclic) bond motifs is 1. The van der Waals surface area contributed by atoms with Crippen LogP contribution in [0, 0.1) is 5.92 Å². The molecule has 1 heterocycles. The van der Waals surface area contributed by atoms with Crippen LogP contribution in [0.4, 0.5) is 0 Å². The highest BCUT2D eigenvalue weighted by atomic mass is 16.4. The fourth-order valence-electron chi connectivity index (χ4n) is 3.40. The zero-order chi connectivity index (χ0) is 13.9. The highest BCUT2D eigenvalue weighted by Gasteiger charge is 2.24. The Morgan fingerprint density at radius 1 is 1.30 bits per heavy atom. The molecule has 0 bridgehead atoms. The molecule has 1 unspecified atom stereocenters. The largest absolute Gasteiger partial charge is 0.420 e. The van der Waals surface area contributed by atoms with E-state index in [1.807, 2.05) is 31.3 Å². The molecule has 0 radical (unpaired) electrons. The minimum Gasteiger partial charge on any atom is -0.408 e. The van der Waals surface area contributed by atoms with Crippen molar-refractivity contribution in [1.29, 1.82) is 0 Å². The van der Waals surface area contributed by atoms with Crippen LogP contribution in [-0.2, 0) is 6.54 Å². The predicted octanol–water partition coefficient (Wildman–Crippen LogP) is 2.76. The Labute approximate surface area is 118 Å². The van der Waals surface area contributed by atoms with E-state index in [0.717, 1.165) is 5.52 Å². The second-order valence-electron chi connectivity index (χ2n) is 5.74. The van der Waals surface area contributed by atoms with Crippen LogP contribution in [0.1, 0.15) is 32.1 Å². The van der Waals surface area contributed by atoms with E-state index in [2.05, 4.69) is 5.32 Å². The average Bonchev–Trinajstić information content (AvgIpc) is 2.81. The minimum atomic E-state index is -0.248. The molecule has 20 heavy (non-hydrogen) atoms. The van der Waals surface area contributed by atoms with Crippen molar-refractivity contribution in [2.45, 2.75) is 44.7 Å². The molecule has 1 aromatic heterocycles. The van der Waals surface area contributed by atoms with Gasteiger partial charge >= 0.3 is 5.76 Å². The van der Waals surface area contributed by atoms with Crippen LogP contribution in [0.15, 0.2) is 33.5 Å². The number of hydrogen-bond donors (Lipinski definition) is 1. The molecule has 1 fully saturated rings. The van der Waals surface area contributed by atoms with Crippen molar-refractivity contribution < 1.29 is 4.42 Å². The first-order valence-corrected chi connectivity index (χ1v) is 7.55. The van der Waals surface area contributed by atoms with Crippen molar-refractivity contribution in [3.8, 4) is 0 Å². The van der Waals surface area contributed by atoms with Gasteiger partial charge in [-0.1, -0.05) is 31.4 Å². The molecular formula is C16H22N2O2. The third-order valence-electron chi connectivity index (χ3n) is 4.54. The van der Waals surface area contributed by atoms with E-state index in [4.69, 9.17) is 4.42 Å². The Hall–Kier alpha value is -1.55. The van der Waals surface area contributed by atoms with Crippen LogP contribution in [0.2, 0.25) is 0 Å². The Morgan fingerprint density at radius 3 is 2.80 bits per heavy atom. The maximum atomic E-state index is 12.0. The lowest BCUT2D eigenvalue weighted by Crippen LogP contribution is -2.40. The molecule has 1 aliphatic rings. The molecule has 4 heteroatoms. The standard InChI is InChI=1S/C16H22N2O2/c1-17-13(12-7-3-2-4-8-12)11-18-14-9-5-6-10-15(14)20-16(18)19/h5-6,9-10,12-13,17H,2-4,7-8,11H2,1H3. The number of aromatic nitrogens is 1. The SMILES string of the molecule is CNC(Cn1c(=O)oc2ccccc21)C1CCCCC1. The first-order valence-electron chi connectivity index (χ1n) is 7.55. The highest BCUT2D eigenvalue weighted by molar-refractivity contribution is 5.72. The number of nitrogens with one attached hydrogen (secondary N) is 1. The van der Waals surface area contributed by atoms with Crippen LogP contribution in [0.25, 0.3) is 11.1 Å². The number of benzene rings is 1. The summed E-state index contributed by atoms with van der Waals surface area (Å²) in [5.41, 5.74) is 1.57. The van der Waals surface area contributed by atoms with Gasteiger partial charge < -0.3 is 9.73 Å². The predicted molar refractivity (Wildman–Crippen MR) is 79.9 cm³/mol. The summed E-state index contributed by atoms with van der Waals surface area (Å²) in [6.07, 6.45) is 6.49. The highest BCUT2D eigenvalue weighted by Crippen LogP contribution is 2.27. The summed E-state index contributed by atoms with van der Waals surface area (Å²) in [5, 5.41) is 3.40. The average molecular weight is 274 g/mol.